The molecule has 2 aromatic rings. The molecule has 2 aromatic carbocycles. The first-order valence-electron chi connectivity index (χ1n) is 11.2. The Hall–Kier alpha value is -5.62. The molecule has 45 heavy (non-hydrogen) atoms. The molecule has 0 bridgehead atoms. The molecule has 2 N–H and O–H groups in total. The summed E-state index contributed by atoms with van der Waals surface area (Å²) >= 11 is 0. The minimum Gasteiger partial charge on any atom is -0.272 e. The zero-order valence-corrected chi connectivity index (χ0v) is 21.4. The highest BCUT2D eigenvalue weighted by Gasteiger charge is 2.68. The van der Waals surface area contributed by atoms with E-state index < -0.39 is 90.7 Å². The Morgan fingerprint density at radius 2 is 0.956 bits per heavy atom. The van der Waals surface area contributed by atoms with E-state index in [1.807, 2.05) is 0 Å². The second kappa shape index (κ2) is 13.3. The highest BCUT2D eigenvalue weighted by atomic mass is 19.3. The van der Waals surface area contributed by atoms with Crippen LogP contribution in [0.25, 0.3) is 0 Å². The molecule has 17 nitrogen and oxygen atoms in total. The number of anilines is 2. The first-order valence-corrected chi connectivity index (χ1v) is 11.2. The van der Waals surface area contributed by atoms with Gasteiger partial charge in [-0.25, -0.2) is 4.74 Å². The summed E-state index contributed by atoms with van der Waals surface area (Å²) in [5, 5.41) is 49.4. The number of halogens is 8. The maximum Gasteiger partial charge on any atom is 0.424 e. The van der Waals surface area contributed by atoms with Crippen LogP contribution in [0.2, 0.25) is 0 Å². The van der Waals surface area contributed by atoms with Gasteiger partial charge in [0.25, 0.3) is 11.4 Å². The third kappa shape index (κ3) is 8.71. The van der Waals surface area contributed by atoms with Gasteiger partial charge in [-0.3, -0.25) is 51.3 Å². The molecule has 0 saturated carbocycles. The molecule has 0 heterocycles. The molecular formula is C20H14F8N8O9. The summed E-state index contributed by atoms with van der Waals surface area (Å²) in [6.45, 7) is 0. The lowest BCUT2D eigenvalue weighted by atomic mass is 10.2. The lowest BCUT2D eigenvalue weighted by Crippen LogP contribution is -2.53. The number of nitro benzene ring substituents is 4. The van der Waals surface area contributed by atoms with Gasteiger partial charge in [-0.2, -0.15) is 45.3 Å². The molecule has 0 aliphatic heterocycles. The molecule has 0 amide bonds. The molecule has 0 aliphatic carbocycles. The van der Waals surface area contributed by atoms with Crippen molar-refractivity contribution >= 4 is 46.6 Å². The van der Waals surface area contributed by atoms with Crippen molar-refractivity contribution in [1.29, 1.82) is 0 Å². The Morgan fingerprint density at radius 3 is 1.24 bits per heavy atom. The Bertz CT molecular complexity index is 1430. The van der Waals surface area contributed by atoms with E-state index in [2.05, 4.69) is 14.9 Å². The second-order valence-corrected chi connectivity index (χ2v) is 8.23. The van der Waals surface area contributed by atoms with E-state index in [4.69, 9.17) is 0 Å². The van der Waals surface area contributed by atoms with E-state index in [0.717, 1.165) is 12.1 Å². The number of nitrogens with zero attached hydrogens (tertiary/aromatic N) is 6. The van der Waals surface area contributed by atoms with E-state index in [-0.39, 0.29) is 12.4 Å². The van der Waals surface area contributed by atoms with E-state index >= 15 is 0 Å². The van der Waals surface area contributed by atoms with Gasteiger partial charge in [0, 0.05) is 24.6 Å². The number of hydrazone groups is 2. The Kier molecular flexibility index (Phi) is 10.6. The maximum absolute atomic E-state index is 14.0. The molecule has 0 saturated heterocycles. The first-order chi connectivity index (χ1) is 20.6. The van der Waals surface area contributed by atoms with Gasteiger partial charge < -0.3 is 0 Å². The molecule has 0 unspecified atom stereocenters. The van der Waals surface area contributed by atoms with Gasteiger partial charge in [-0.15, -0.1) is 0 Å². The molecule has 0 fully saturated rings. The number of rotatable bonds is 16. The minimum absolute atomic E-state index is 0.103. The van der Waals surface area contributed by atoms with Crippen LogP contribution in [0.3, 0.4) is 0 Å². The highest BCUT2D eigenvalue weighted by Crippen LogP contribution is 2.46. The van der Waals surface area contributed by atoms with Crippen LogP contribution in [0.15, 0.2) is 46.6 Å². The van der Waals surface area contributed by atoms with Crippen LogP contribution in [0.5, 0.6) is 0 Å². The molecule has 25 heteroatoms. The standard InChI is InChI=1S/C20H14F8N8O9/c21-17(22,5-7-29-31-13-3-1-11(33(37)38)9-15(13)35(41)42)19(25,26)45-20(27,28)18(23,24)6-8-30-32-14-4-2-12(34(39)40)10-16(14)36(43)44/h1-4,7-10,31-32H,5-6H2. The largest absolute Gasteiger partial charge is 0.424 e. The van der Waals surface area contributed by atoms with E-state index in [0.29, 0.717) is 24.3 Å². The van der Waals surface area contributed by atoms with Crippen molar-refractivity contribution in [3.63, 3.8) is 0 Å². The smallest absolute Gasteiger partial charge is 0.272 e. The molecule has 244 valence electrons. The summed E-state index contributed by atoms with van der Waals surface area (Å²) < 4.78 is 114. The second-order valence-electron chi connectivity index (χ2n) is 8.23. The van der Waals surface area contributed by atoms with Crippen LogP contribution in [0.1, 0.15) is 12.8 Å². The number of hydrogen-bond acceptors (Lipinski definition) is 13. The molecule has 0 aromatic heterocycles. The Morgan fingerprint density at radius 1 is 0.622 bits per heavy atom. The number of non-ortho nitro benzene ring substituents is 2. The van der Waals surface area contributed by atoms with E-state index in [1.165, 1.54) is 0 Å². The lowest BCUT2D eigenvalue weighted by Gasteiger charge is -2.32. The van der Waals surface area contributed by atoms with Crippen molar-refractivity contribution in [2.45, 2.75) is 36.9 Å². The number of hydrogen-bond donors (Lipinski definition) is 2. The van der Waals surface area contributed by atoms with Gasteiger partial charge in [0.05, 0.1) is 44.7 Å². The topological polar surface area (TPSA) is 231 Å². The van der Waals surface area contributed by atoms with Crippen LogP contribution in [-0.4, -0.2) is 56.2 Å². The Labute approximate surface area is 241 Å². The van der Waals surface area contributed by atoms with Crippen molar-refractivity contribution in [2.24, 2.45) is 10.2 Å². The third-order valence-electron chi connectivity index (χ3n) is 5.13. The maximum atomic E-state index is 14.0. The van der Waals surface area contributed by atoms with Crippen LogP contribution in [0.4, 0.5) is 69.2 Å². The number of ether oxygens (including phenoxy) is 1. The number of alkyl halides is 8. The van der Waals surface area contributed by atoms with Gasteiger partial charge in [-0.05, 0) is 12.1 Å². The van der Waals surface area contributed by atoms with Crippen molar-refractivity contribution in [1.82, 2.24) is 0 Å². The zero-order chi connectivity index (χ0) is 34.4. The van der Waals surface area contributed by atoms with Gasteiger partial charge in [0.15, 0.2) is 0 Å². The molecule has 0 radical (unpaired) electrons. The fourth-order valence-corrected chi connectivity index (χ4v) is 2.86. The quantitative estimate of drug-likeness (QED) is 0.0906. The van der Waals surface area contributed by atoms with Crippen LogP contribution in [0, 0.1) is 40.5 Å². The number of nitrogens with one attached hydrogen (secondary N) is 2. The summed E-state index contributed by atoms with van der Waals surface area (Å²) in [4.78, 5) is 39.1. The molecule has 0 atom stereocenters. The van der Waals surface area contributed by atoms with Crippen molar-refractivity contribution in [2.75, 3.05) is 10.9 Å². The molecule has 2 rings (SSSR count). The average molecular weight is 662 g/mol. The lowest BCUT2D eigenvalue weighted by molar-refractivity contribution is -0.465. The summed E-state index contributed by atoms with van der Waals surface area (Å²) in [5.41, 5.74) is -1.29. The van der Waals surface area contributed by atoms with E-state index in [9.17, 15) is 75.6 Å². The summed E-state index contributed by atoms with van der Waals surface area (Å²) in [7, 11) is 0. The summed E-state index contributed by atoms with van der Waals surface area (Å²) in [6.07, 6.45) is -17.3. The predicted octanol–water partition coefficient (Wildman–Crippen LogP) is 6.07. The Balaban J connectivity index is 2.08. The van der Waals surface area contributed by atoms with Crippen molar-refractivity contribution in [3.8, 4) is 0 Å². The van der Waals surface area contributed by atoms with Gasteiger partial charge >= 0.3 is 35.4 Å². The van der Waals surface area contributed by atoms with Gasteiger partial charge in [0.2, 0.25) is 0 Å². The van der Waals surface area contributed by atoms with Gasteiger partial charge in [-0.1, -0.05) is 0 Å². The SMILES string of the molecule is O=[N+]([O-])c1ccc(NN=CCC(F)(F)C(F)(F)OC(F)(F)C(F)(F)CC=NNc2ccc([N+](=O)[O-])cc2[N+](=O)[O-])c([N+](=O)[O-])c1. The van der Waals surface area contributed by atoms with Crippen molar-refractivity contribution in [3.05, 3.63) is 76.9 Å². The number of nitro groups is 4. The number of benzene rings is 2. The monoisotopic (exact) mass is 662 g/mol. The normalized spacial score (nSPS) is 12.8. The van der Waals surface area contributed by atoms with E-state index in [1.54, 1.807) is 10.9 Å². The first kappa shape index (κ1) is 35.6. The summed E-state index contributed by atoms with van der Waals surface area (Å²) in [5.74, 6) is -11.3. The van der Waals surface area contributed by atoms with Crippen LogP contribution in [-0.2, 0) is 4.74 Å². The average Bonchev–Trinajstić information content (AvgIpc) is 2.92. The fraction of sp³-hybridized carbons (Fsp3) is 0.300. The van der Waals surface area contributed by atoms with Crippen LogP contribution < -0.4 is 10.9 Å². The summed E-state index contributed by atoms with van der Waals surface area (Å²) in [6, 6.07) is 3.75. The van der Waals surface area contributed by atoms with Crippen LogP contribution >= 0.6 is 0 Å². The minimum atomic E-state index is -6.28. The molecule has 0 aliphatic rings. The molecule has 0 spiro atoms. The van der Waals surface area contributed by atoms with Crippen molar-refractivity contribution < 1.29 is 59.6 Å². The fourth-order valence-electron chi connectivity index (χ4n) is 2.86. The zero-order valence-electron chi connectivity index (χ0n) is 21.4. The third-order valence-corrected chi connectivity index (χ3v) is 5.13. The predicted molar refractivity (Wildman–Crippen MR) is 134 cm³/mol. The van der Waals surface area contributed by atoms with Gasteiger partial charge in [0.1, 0.15) is 11.4 Å². The highest BCUT2D eigenvalue weighted by molar-refractivity contribution is 5.68. The molecular weight excluding hydrogens is 648 g/mol.